The zero-order valence-corrected chi connectivity index (χ0v) is 9.97. The molecule has 0 spiro atoms. The van der Waals surface area contributed by atoms with Gasteiger partial charge in [-0.1, -0.05) is 29.8 Å². The van der Waals surface area contributed by atoms with Gasteiger partial charge in [-0.15, -0.1) is 0 Å². The van der Waals surface area contributed by atoms with Gasteiger partial charge < -0.3 is 0 Å². The van der Waals surface area contributed by atoms with Gasteiger partial charge in [-0.2, -0.15) is 0 Å². The van der Waals surface area contributed by atoms with Crippen LogP contribution in [0.1, 0.15) is 22.3 Å². The molecule has 0 nitrogen and oxygen atoms in total. The van der Waals surface area contributed by atoms with Gasteiger partial charge in [-0.25, -0.2) is 0 Å². The normalized spacial score (nSPS) is 12.5. The molecule has 0 aromatic heterocycles. The predicted molar refractivity (Wildman–Crippen MR) is 48.7 cm³/mol. The summed E-state index contributed by atoms with van der Waals surface area (Å²) in [5, 5.41) is 0. The van der Waals surface area contributed by atoms with Crippen molar-refractivity contribution in [3.8, 4) is 0 Å². The molecule has 1 aromatic rings. The Labute approximate surface area is 92.8 Å². The molecule has 1 heteroatoms. The molecular weight excluding hydrogens is 223 g/mol. The fourth-order valence-electron chi connectivity index (χ4n) is 1.78. The first kappa shape index (κ1) is 9.93. The Bertz CT molecular complexity index is 324. The van der Waals surface area contributed by atoms with E-state index in [0.29, 0.717) is 0 Å². The average Bonchev–Trinajstić information content (AvgIpc) is 2.34. The molecule has 0 heterocycles. The van der Waals surface area contributed by atoms with Crippen molar-refractivity contribution in [3.05, 3.63) is 40.5 Å². The van der Waals surface area contributed by atoms with Gasteiger partial charge in [0.2, 0.25) is 0 Å². The molecule has 60 valence electrons. The van der Waals surface area contributed by atoms with Gasteiger partial charge in [0.05, 0.1) is 0 Å². The smallest absolute Gasteiger partial charge is 0 e. The molecule has 0 bridgehead atoms. The minimum atomic E-state index is 0. The van der Waals surface area contributed by atoms with Gasteiger partial charge in [0.15, 0.2) is 0 Å². The summed E-state index contributed by atoms with van der Waals surface area (Å²) in [5.41, 5.74) is 5.72. The third-order valence-corrected chi connectivity index (χ3v) is 2.24. The number of allylic oxidation sites excluding steroid dienone is 1. The maximum Gasteiger partial charge on any atom is 0 e. The number of rotatable bonds is 0. The molecule has 0 aliphatic heterocycles. The van der Waals surface area contributed by atoms with E-state index in [1.54, 1.807) is 0 Å². The molecule has 1 aliphatic rings. The van der Waals surface area contributed by atoms with Crippen LogP contribution >= 0.6 is 0 Å². The standard InChI is InChI=1S/C11H12.Zr/c1-8-6-9(2)11-5-3-4-10(11)7-8;/h3,5-7H,4H2,1-2H3;. The Morgan fingerprint density at radius 2 is 1.92 bits per heavy atom. The summed E-state index contributed by atoms with van der Waals surface area (Å²) in [7, 11) is 0. The molecular formula is C11H12Zr. The Balaban J connectivity index is 0.000000720. The van der Waals surface area contributed by atoms with E-state index >= 15 is 0 Å². The van der Waals surface area contributed by atoms with E-state index in [0.717, 1.165) is 6.42 Å². The van der Waals surface area contributed by atoms with Crippen LogP contribution < -0.4 is 0 Å². The molecule has 12 heavy (non-hydrogen) atoms. The van der Waals surface area contributed by atoms with Crippen molar-refractivity contribution < 1.29 is 26.2 Å². The van der Waals surface area contributed by atoms with E-state index in [-0.39, 0.29) is 26.2 Å². The van der Waals surface area contributed by atoms with Crippen LogP contribution in [-0.4, -0.2) is 0 Å². The maximum atomic E-state index is 2.28. The van der Waals surface area contributed by atoms with Crippen LogP contribution in [0.2, 0.25) is 0 Å². The number of hydrogen-bond donors (Lipinski definition) is 0. The van der Waals surface area contributed by atoms with Crippen LogP contribution in [0.4, 0.5) is 0 Å². The second-order valence-corrected chi connectivity index (χ2v) is 3.26. The summed E-state index contributed by atoms with van der Waals surface area (Å²) >= 11 is 0. The van der Waals surface area contributed by atoms with E-state index < -0.39 is 0 Å². The number of fused-ring (bicyclic) bond motifs is 1. The van der Waals surface area contributed by atoms with Crippen molar-refractivity contribution in [3.63, 3.8) is 0 Å². The van der Waals surface area contributed by atoms with E-state index in [1.807, 2.05) is 0 Å². The zero-order valence-electron chi connectivity index (χ0n) is 7.52. The van der Waals surface area contributed by atoms with Crippen molar-refractivity contribution in [2.24, 2.45) is 0 Å². The Morgan fingerprint density at radius 3 is 2.67 bits per heavy atom. The molecule has 0 unspecified atom stereocenters. The van der Waals surface area contributed by atoms with Gasteiger partial charge in [0.1, 0.15) is 0 Å². The Hall–Kier alpha value is -0.157. The van der Waals surface area contributed by atoms with Crippen LogP contribution in [-0.2, 0) is 32.6 Å². The van der Waals surface area contributed by atoms with Crippen LogP contribution in [0.15, 0.2) is 18.2 Å². The van der Waals surface area contributed by atoms with E-state index in [2.05, 4.69) is 38.1 Å². The minimum Gasteiger partial charge on any atom is -0.0795 e. The molecule has 0 fully saturated rings. The van der Waals surface area contributed by atoms with Gasteiger partial charge in [0.25, 0.3) is 0 Å². The third kappa shape index (κ3) is 1.61. The zero-order chi connectivity index (χ0) is 7.84. The quantitative estimate of drug-likeness (QED) is 0.649. The molecule has 0 radical (unpaired) electrons. The Morgan fingerprint density at radius 1 is 1.17 bits per heavy atom. The summed E-state index contributed by atoms with van der Waals surface area (Å²) in [5.74, 6) is 0. The largest absolute Gasteiger partial charge is 0.0795 e. The summed E-state index contributed by atoms with van der Waals surface area (Å²) in [6, 6.07) is 4.52. The fourth-order valence-corrected chi connectivity index (χ4v) is 1.78. The minimum absolute atomic E-state index is 0. The average molecular weight is 235 g/mol. The summed E-state index contributed by atoms with van der Waals surface area (Å²) in [6.07, 6.45) is 5.58. The first-order valence-corrected chi connectivity index (χ1v) is 4.04. The van der Waals surface area contributed by atoms with Gasteiger partial charge in [-0.05, 0) is 37.0 Å². The Kier molecular flexibility index (Phi) is 3.06. The molecule has 1 aliphatic carbocycles. The monoisotopic (exact) mass is 234 g/mol. The molecule has 0 atom stereocenters. The number of aryl methyl sites for hydroxylation is 2. The predicted octanol–water partition coefficient (Wildman–Crippen LogP) is 2.87. The van der Waals surface area contributed by atoms with Crippen LogP contribution in [0.25, 0.3) is 6.08 Å². The second-order valence-electron chi connectivity index (χ2n) is 3.26. The van der Waals surface area contributed by atoms with E-state index in [4.69, 9.17) is 0 Å². The molecule has 0 N–H and O–H groups in total. The topological polar surface area (TPSA) is 0 Å². The second kappa shape index (κ2) is 3.70. The fraction of sp³-hybridized carbons (Fsp3) is 0.273. The van der Waals surface area contributed by atoms with Crippen molar-refractivity contribution >= 4 is 6.08 Å². The van der Waals surface area contributed by atoms with Crippen molar-refractivity contribution in [1.29, 1.82) is 0 Å². The molecule has 2 rings (SSSR count). The van der Waals surface area contributed by atoms with Crippen molar-refractivity contribution in [2.75, 3.05) is 0 Å². The summed E-state index contributed by atoms with van der Waals surface area (Å²) in [6.45, 7) is 4.34. The van der Waals surface area contributed by atoms with Crippen LogP contribution in [0.5, 0.6) is 0 Å². The number of benzene rings is 1. The number of hydrogen-bond acceptors (Lipinski definition) is 0. The first-order valence-electron chi connectivity index (χ1n) is 4.04. The van der Waals surface area contributed by atoms with Crippen molar-refractivity contribution in [2.45, 2.75) is 20.3 Å². The van der Waals surface area contributed by atoms with E-state index in [1.165, 1.54) is 22.3 Å². The first-order chi connectivity index (χ1) is 5.27. The molecule has 0 amide bonds. The van der Waals surface area contributed by atoms with Crippen LogP contribution in [0.3, 0.4) is 0 Å². The summed E-state index contributed by atoms with van der Waals surface area (Å²) in [4.78, 5) is 0. The maximum absolute atomic E-state index is 2.28. The van der Waals surface area contributed by atoms with Gasteiger partial charge >= 0.3 is 0 Å². The van der Waals surface area contributed by atoms with Gasteiger partial charge in [0, 0.05) is 26.2 Å². The van der Waals surface area contributed by atoms with Gasteiger partial charge in [-0.3, -0.25) is 0 Å². The summed E-state index contributed by atoms with van der Waals surface area (Å²) < 4.78 is 0. The molecule has 1 aromatic carbocycles. The SMILES string of the molecule is Cc1cc(C)c2c(c1)CC=C2.[Zr]. The molecule has 0 saturated carbocycles. The van der Waals surface area contributed by atoms with Crippen molar-refractivity contribution in [1.82, 2.24) is 0 Å². The third-order valence-electron chi connectivity index (χ3n) is 2.24. The van der Waals surface area contributed by atoms with Crippen LogP contribution in [0, 0.1) is 13.8 Å². The molecule has 0 saturated heterocycles. The van der Waals surface area contributed by atoms with E-state index in [9.17, 15) is 0 Å².